The zero-order chi connectivity index (χ0) is 10.7. The van der Waals surface area contributed by atoms with Crippen LogP contribution in [-0.4, -0.2) is 4.98 Å². The van der Waals surface area contributed by atoms with Gasteiger partial charge in [-0.15, -0.1) is 0 Å². The number of aromatic amines is 1. The first kappa shape index (κ1) is 9.84. The number of anilines is 1. The van der Waals surface area contributed by atoms with Crippen LogP contribution in [0.15, 0.2) is 36.7 Å². The molecular weight excluding hydrogens is 184 g/mol. The Labute approximate surface area is 90.3 Å². The van der Waals surface area contributed by atoms with Gasteiger partial charge in [0.05, 0.1) is 0 Å². The summed E-state index contributed by atoms with van der Waals surface area (Å²) < 4.78 is 0. The number of aryl methyl sites for hydroxylation is 2. The van der Waals surface area contributed by atoms with Gasteiger partial charge < -0.3 is 10.3 Å². The highest BCUT2D eigenvalue weighted by molar-refractivity contribution is 5.52. The van der Waals surface area contributed by atoms with Gasteiger partial charge in [-0.05, 0) is 37.1 Å². The van der Waals surface area contributed by atoms with Gasteiger partial charge in [-0.2, -0.15) is 0 Å². The van der Waals surface area contributed by atoms with E-state index in [0.717, 1.165) is 6.54 Å². The first-order valence-electron chi connectivity index (χ1n) is 5.18. The Morgan fingerprint density at radius 2 is 2.07 bits per heavy atom. The maximum absolute atomic E-state index is 3.42. The van der Waals surface area contributed by atoms with Crippen molar-refractivity contribution in [2.45, 2.75) is 20.4 Å². The molecule has 2 rings (SSSR count). The lowest BCUT2D eigenvalue weighted by Crippen LogP contribution is -1.99. The van der Waals surface area contributed by atoms with Crippen molar-refractivity contribution in [3.8, 4) is 0 Å². The molecule has 0 amide bonds. The Morgan fingerprint density at radius 1 is 1.20 bits per heavy atom. The molecule has 1 aromatic heterocycles. The Bertz CT molecular complexity index is 430. The molecular formula is C13H16N2. The molecule has 0 radical (unpaired) electrons. The molecule has 0 aliphatic carbocycles. The van der Waals surface area contributed by atoms with E-state index < -0.39 is 0 Å². The van der Waals surface area contributed by atoms with E-state index in [-0.39, 0.29) is 0 Å². The van der Waals surface area contributed by atoms with E-state index in [1.807, 2.05) is 12.4 Å². The summed E-state index contributed by atoms with van der Waals surface area (Å²) in [5, 5.41) is 3.42. The summed E-state index contributed by atoms with van der Waals surface area (Å²) in [5.41, 5.74) is 5.09. The van der Waals surface area contributed by atoms with Crippen LogP contribution in [0.3, 0.4) is 0 Å². The third kappa shape index (κ3) is 2.40. The number of rotatable bonds is 3. The van der Waals surface area contributed by atoms with E-state index in [1.165, 1.54) is 22.4 Å². The van der Waals surface area contributed by atoms with Crippen LogP contribution in [0.2, 0.25) is 0 Å². The van der Waals surface area contributed by atoms with Gasteiger partial charge in [0.15, 0.2) is 0 Å². The molecule has 0 aliphatic heterocycles. The summed E-state index contributed by atoms with van der Waals surface area (Å²) in [7, 11) is 0. The Balaban J connectivity index is 2.05. The fourth-order valence-electron chi connectivity index (χ4n) is 1.68. The number of nitrogens with one attached hydrogen (secondary N) is 2. The van der Waals surface area contributed by atoms with Crippen molar-refractivity contribution < 1.29 is 0 Å². The number of hydrogen-bond donors (Lipinski definition) is 2. The smallest absolute Gasteiger partial charge is 0.0415 e. The summed E-state index contributed by atoms with van der Waals surface area (Å²) in [4.78, 5) is 3.05. The fourth-order valence-corrected chi connectivity index (χ4v) is 1.68. The molecule has 0 saturated heterocycles. The van der Waals surface area contributed by atoms with E-state index in [2.05, 4.69) is 48.4 Å². The molecule has 78 valence electrons. The van der Waals surface area contributed by atoms with Crippen molar-refractivity contribution >= 4 is 5.69 Å². The van der Waals surface area contributed by atoms with E-state index in [0.29, 0.717) is 0 Å². The largest absolute Gasteiger partial charge is 0.381 e. The van der Waals surface area contributed by atoms with E-state index >= 15 is 0 Å². The second kappa shape index (κ2) is 4.22. The van der Waals surface area contributed by atoms with Crippen molar-refractivity contribution in [3.05, 3.63) is 53.3 Å². The third-order valence-corrected chi connectivity index (χ3v) is 2.53. The molecule has 0 aliphatic rings. The van der Waals surface area contributed by atoms with Crippen molar-refractivity contribution in [2.24, 2.45) is 0 Å². The van der Waals surface area contributed by atoms with E-state index in [4.69, 9.17) is 0 Å². The minimum atomic E-state index is 0.868. The van der Waals surface area contributed by atoms with Gasteiger partial charge in [0, 0.05) is 24.6 Å². The maximum Gasteiger partial charge on any atom is 0.0415 e. The predicted octanol–water partition coefficient (Wildman–Crippen LogP) is 3.24. The van der Waals surface area contributed by atoms with Crippen molar-refractivity contribution in [2.75, 3.05) is 5.32 Å². The molecule has 0 unspecified atom stereocenters. The quantitative estimate of drug-likeness (QED) is 0.782. The van der Waals surface area contributed by atoms with Crippen LogP contribution in [0.5, 0.6) is 0 Å². The number of aromatic nitrogens is 1. The van der Waals surface area contributed by atoms with Crippen LogP contribution in [0, 0.1) is 13.8 Å². The minimum absolute atomic E-state index is 0.868. The SMILES string of the molecule is Cc1ccc(NCc2cc[nH]c2)c(C)c1. The normalized spacial score (nSPS) is 10.3. The van der Waals surface area contributed by atoms with Gasteiger partial charge >= 0.3 is 0 Å². The molecule has 0 spiro atoms. The molecule has 1 aromatic carbocycles. The topological polar surface area (TPSA) is 27.8 Å². The first-order chi connectivity index (χ1) is 7.25. The van der Waals surface area contributed by atoms with Gasteiger partial charge in [-0.25, -0.2) is 0 Å². The molecule has 2 heteroatoms. The highest BCUT2D eigenvalue weighted by Crippen LogP contribution is 2.16. The van der Waals surface area contributed by atoms with Crippen LogP contribution < -0.4 is 5.32 Å². The van der Waals surface area contributed by atoms with E-state index in [9.17, 15) is 0 Å². The Morgan fingerprint density at radius 3 is 2.73 bits per heavy atom. The predicted molar refractivity (Wildman–Crippen MR) is 64.0 cm³/mol. The average molecular weight is 200 g/mol. The van der Waals surface area contributed by atoms with Crippen LogP contribution in [0.4, 0.5) is 5.69 Å². The van der Waals surface area contributed by atoms with Crippen LogP contribution in [-0.2, 0) is 6.54 Å². The number of benzene rings is 1. The minimum Gasteiger partial charge on any atom is -0.381 e. The summed E-state index contributed by atoms with van der Waals surface area (Å²) in [6, 6.07) is 8.54. The summed E-state index contributed by atoms with van der Waals surface area (Å²) in [6.07, 6.45) is 3.95. The Kier molecular flexibility index (Phi) is 2.77. The lowest BCUT2D eigenvalue weighted by molar-refractivity contribution is 1.14. The molecule has 2 N–H and O–H groups in total. The zero-order valence-corrected chi connectivity index (χ0v) is 9.17. The molecule has 2 aromatic rings. The first-order valence-corrected chi connectivity index (χ1v) is 5.18. The number of hydrogen-bond acceptors (Lipinski definition) is 1. The average Bonchev–Trinajstić information content (AvgIpc) is 2.69. The van der Waals surface area contributed by atoms with Gasteiger partial charge in [0.1, 0.15) is 0 Å². The van der Waals surface area contributed by atoms with Gasteiger partial charge in [-0.1, -0.05) is 17.7 Å². The molecule has 0 saturated carbocycles. The molecule has 0 atom stereocenters. The van der Waals surface area contributed by atoms with Crippen LogP contribution >= 0.6 is 0 Å². The van der Waals surface area contributed by atoms with Crippen molar-refractivity contribution in [1.82, 2.24) is 4.98 Å². The molecule has 0 fully saturated rings. The van der Waals surface area contributed by atoms with Crippen molar-refractivity contribution in [1.29, 1.82) is 0 Å². The molecule has 0 bridgehead atoms. The second-order valence-electron chi connectivity index (χ2n) is 3.89. The maximum atomic E-state index is 3.42. The monoisotopic (exact) mass is 200 g/mol. The van der Waals surface area contributed by atoms with Crippen molar-refractivity contribution in [3.63, 3.8) is 0 Å². The van der Waals surface area contributed by atoms with Crippen LogP contribution in [0.1, 0.15) is 16.7 Å². The van der Waals surface area contributed by atoms with Gasteiger partial charge in [0.2, 0.25) is 0 Å². The summed E-state index contributed by atoms with van der Waals surface area (Å²) >= 11 is 0. The zero-order valence-electron chi connectivity index (χ0n) is 9.17. The van der Waals surface area contributed by atoms with Gasteiger partial charge in [-0.3, -0.25) is 0 Å². The number of H-pyrrole nitrogens is 1. The lowest BCUT2D eigenvalue weighted by atomic mass is 10.1. The van der Waals surface area contributed by atoms with E-state index in [1.54, 1.807) is 0 Å². The molecule has 15 heavy (non-hydrogen) atoms. The third-order valence-electron chi connectivity index (χ3n) is 2.53. The highest BCUT2D eigenvalue weighted by atomic mass is 14.9. The van der Waals surface area contributed by atoms with Gasteiger partial charge in [0.25, 0.3) is 0 Å². The summed E-state index contributed by atoms with van der Waals surface area (Å²) in [6.45, 7) is 5.11. The molecule has 1 heterocycles. The molecule has 2 nitrogen and oxygen atoms in total. The lowest BCUT2D eigenvalue weighted by Gasteiger charge is -2.09. The second-order valence-corrected chi connectivity index (χ2v) is 3.89. The van der Waals surface area contributed by atoms with Crippen LogP contribution in [0.25, 0.3) is 0 Å². The standard InChI is InChI=1S/C13H16N2/c1-10-3-4-13(11(2)7-10)15-9-12-5-6-14-8-12/h3-8,14-15H,9H2,1-2H3. The Hall–Kier alpha value is -1.70. The fraction of sp³-hybridized carbons (Fsp3) is 0.231. The highest BCUT2D eigenvalue weighted by Gasteiger charge is 1.98. The summed E-state index contributed by atoms with van der Waals surface area (Å²) in [5.74, 6) is 0.